The summed E-state index contributed by atoms with van der Waals surface area (Å²) >= 11 is 0. The van der Waals surface area contributed by atoms with Crippen molar-refractivity contribution in [1.29, 1.82) is 0 Å². The predicted molar refractivity (Wildman–Crippen MR) is 68.1 cm³/mol. The quantitative estimate of drug-likeness (QED) is 0.557. The Morgan fingerprint density at radius 3 is 2.41 bits per heavy atom. The molecule has 0 radical (unpaired) electrons. The fourth-order valence-electron chi connectivity index (χ4n) is 2.43. The molecule has 0 aromatic carbocycles. The molecule has 0 spiro atoms. The molecule has 0 saturated heterocycles. The molecular weight excluding hydrogens is 216 g/mol. The van der Waals surface area contributed by atoms with E-state index in [0.717, 1.165) is 18.8 Å². The summed E-state index contributed by atoms with van der Waals surface area (Å²) in [5.74, 6) is 5.72. The highest BCUT2D eigenvalue weighted by Crippen LogP contribution is 2.29. The first-order valence-corrected chi connectivity index (χ1v) is 6.04. The third-order valence-electron chi connectivity index (χ3n) is 3.50. The third kappa shape index (κ3) is 2.65. The van der Waals surface area contributed by atoms with Crippen LogP contribution in [0.4, 0.5) is 0 Å². The maximum absolute atomic E-state index is 5.72. The monoisotopic (exact) mass is 240 g/mol. The lowest BCUT2D eigenvalue weighted by Crippen LogP contribution is -2.54. The van der Waals surface area contributed by atoms with Crippen molar-refractivity contribution in [3.8, 4) is 0 Å². The van der Waals surface area contributed by atoms with Crippen LogP contribution in [-0.4, -0.2) is 38.5 Å². The second kappa shape index (κ2) is 5.57. The average Bonchev–Trinajstić information content (AvgIpc) is 2.67. The molecule has 0 aliphatic heterocycles. The third-order valence-corrected chi connectivity index (χ3v) is 3.50. The number of hydrogen-bond donors (Lipinski definition) is 2. The molecule has 0 bridgehead atoms. The fraction of sp³-hybridized carbons (Fsp3) is 0.818. The Kier molecular flexibility index (Phi) is 4.62. The number of aromatic nitrogens is 3. The summed E-state index contributed by atoms with van der Waals surface area (Å²) < 4.78 is 1.76. The van der Waals surface area contributed by atoms with E-state index in [1.54, 1.807) is 10.9 Å². The van der Waals surface area contributed by atoms with Gasteiger partial charge in [-0.1, -0.05) is 19.1 Å². The molecule has 6 nitrogen and oxygen atoms in total. The van der Waals surface area contributed by atoms with Gasteiger partial charge in [-0.25, -0.2) is 5.43 Å². The summed E-state index contributed by atoms with van der Waals surface area (Å²) in [5, 5.41) is 7.88. The van der Waals surface area contributed by atoms with E-state index < -0.39 is 0 Å². The maximum Gasteiger partial charge on any atom is 0.0823 e. The first kappa shape index (κ1) is 14.1. The minimum atomic E-state index is -0.103. The van der Waals surface area contributed by atoms with E-state index in [9.17, 15) is 0 Å². The normalized spacial score (nSPS) is 14.3. The summed E-state index contributed by atoms with van der Waals surface area (Å²) in [7, 11) is 1.88. The minimum absolute atomic E-state index is 0.0117. The molecule has 98 valence electrons. The van der Waals surface area contributed by atoms with Crippen molar-refractivity contribution < 1.29 is 0 Å². The molecule has 0 fully saturated rings. The van der Waals surface area contributed by atoms with Gasteiger partial charge in [-0.05, 0) is 26.9 Å². The highest BCUT2D eigenvalue weighted by molar-refractivity contribution is 5.10. The number of nitrogens with zero attached hydrogens (tertiary/aromatic N) is 4. The molecule has 1 atom stereocenters. The zero-order chi connectivity index (χ0) is 13.1. The van der Waals surface area contributed by atoms with Crippen molar-refractivity contribution in [2.45, 2.75) is 39.3 Å². The van der Waals surface area contributed by atoms with E-state index >= 15 is 0 Å². The summed E-state index contributed by atoms with van der Waals surface area (Å²) in [6, 6.07) is -0.0117. The minimum Gasteiger partial charge on any atom is -0.297 e. The van der Waals surface area contributed by atoms with E-state index in [0.29, 0.717) is 0 Å². The molecule has 0 aliphatic carbocycles. The molecule has 1 unspecified atom stereocenters. The maximum atomic E-state index is 5.72. The molecule has 0 saturated carbocycles. The zero-order valence-electron chi connectivity index (χ0n) is 11.4. The van der Waals surface area contributed by atoms with E-state index in [1.807, 2.05) is 7.05 Å². The van der Waals surface area contributed by atoms with E-state index in [-0.39, 0.29) is 11.6 Å². The van der Waals surface area contributed by atoms with Crippen molar-refractivity contribution in [3.63, 3.8) is 0 Å². The lowest BCUT2D eigenvalue weighted by Gasteiger charge is -2.42. The molecule has 1 aromatic rings. The molecule has 1 heterocycles. The van der Waals surface area contributed by atoms with E-state index in [1.165, 1.54) is 0 Å². The van der Waals surface area contributed by atoms with Gasteiger partial charge in [0.1, 0.15) is 0 Å². The molecule has 1 aromatic heterocycles. The van der Waals surface area contributed by atoms with Crippen LogP contribution in [0.2, 0.25) is 0 Å². The number of nitrogens with two attached hydrogens (primary N) is 1. The first-order valence-electron chi connectivity index (χ1n) is 6.04. The SMILES string of the molecule is CCN(CC)C(C)(C)C(NN)c1cnnn1C. The van der Waals surface area contributed by atoms with Crippen LogP contribution < -0.4 is 11.3 Å². The molecule has 0 amide bonds. The van der Waals surface area contributed by atoms with Crippen molar-refractivity contribution in [2.75, 3.05) is 13.1 Å². The first-order chi connectivity index (χ1) is 7.98. The van der Waals surface area contributed by atoms with Crippen LogP contribution in [0, 0.1) is 0 Å². The summed E-state index contributed by atoms with van der Waals surface area (Å²) in [4.78, 5) is 2.37. The number of rotatable bonds is 6. The van der Waals surface area contributed by atoms with Crippen molar-refractivity contribution in [3.05, 3.63) is 11.9 Å². The second-order valence-corrected chi connectivity index (χ2v) is 4.71. The Bertz CT molecular complexity index is 341. The number of hydrogen-bond acceptors (Lipinski definition) is 5. The van der Waals surface area contributed by atoms with E-state index in [2.05, 4.69) is 48.3 Å². The van der Waals surface area contributed by atoms with E-state index in [4.69, 9.17) is 5.84 Å². The van der Waals surface area contributed by atoms with Gasteiger partial charge < -0.3 is 0 Å². The predicted octanol–water partition coefficient (Wildman–Crippen LogP) is 0.440. The second-order valence-electron chi connectivity index (χ2n) is 4.71. The van der Waals surface area contributed by atoms with Crippen LogP contribution in [0.25, 0.3) is 0 Å². The average molecular weight is 240 g/mol. The van der Waals surface area contributed by atoms with Gasteiger partial charge in [-0.15, -0.1) is 5.10 Å². The van der Waals surface area contributed by atoms with Gasteiger partial charge in [-0.2, -0.15) is 0 Å². The van der Waals surface area contributed by atoms with Crippen LogP contribution in [0.1, 0.15) is 39.4 Å². The van der Waals surface area contributed by atoms with Gasteiger partial charge in [0, 0.05) is 12.6 Å². The largest absolute Gasteiger partial charge is 0.297 e. The summed E-state index contributed by atoms with van der Waals surface area (Å²) in [5.41, 5.74) is 3.78. The molecule has 3 N–H and O–H groups in total. The van der Waals surface area contributed by atoms with Crippen LogP contribution in [0.5, 0.6) is 0 Å². The van der Waals surface area contributed by atoms with Gasteiger partial charge in [0.05, 0.1) is 17.9 Å². The molecule has 1 rings (SSSR count). The van der Waals surface area contributed by atoms with Crippen LogP contribution in [0.15, 0.2) is 6.20 Å². The Morgan fingerprint density at radius 2 is 2.06 bits per heavy atom. The Hall–Kier alpha value is -0.980. The van der Waals surface area contributed by atoms with Gasteiger partial charge in [0.25, 0.3) is 0 Å². The zero-order valence-corrected chi connectivity index (χ0v) is 11.4. The highest BCUT2D eigenvalue weighted by Gasteiger charge is 2.36. The number of aryl methyl sites for hydroxylation is 1. The Balaban J connectivity index is 3.05. The fourth-order valence-corrected chi connectivity index (χ4v) is 2.43. The standard InChI is InChI=1S/C11H24N6/c1-6-17(7-2)11(3,4)10(14-12)9-8-13-15-16(9)5/h8,10,14H,6-7,12H2,1-5H3. The van der Waals surface area contributed by atoms with Crippen LogP contribution in [-0.2, 0) is 7.05 Å². The summed E-state index contributed by atoms with van der Waals surface area (Å²) in [6.07, 6.45) is 1.76. The lowest BCUT2D eigenvalue weighted by molar-refractivity contribution is 0.0879. The van der Waals surface area contributed by atoms with Crippen molar-refractivity contribution in [2.24, 2.45) is 12.9 Å². The van der Waals surface area contributed by atoms with Gasteiger partial charge in [-0.3, -0.25) is 15.4 Å². The van der Waals surface area contributed by atoms with Crippen molar-refractivity contribution in [1.82, 2.24) is 25.3 Å². The van der Waals surface area contributed by atoms with Crippen LogP contribution in [0.3, 0.4) is 0 Å². The van der Waals surface area contributed by atoms with Crippen molar-refractivity contribution >= 4 is 0 Å². The van der Waals surface area contributed by atoms with Gasteiger partial charge in [0.2, 0.25) is 0 Å². The number of hydrazine groups is 1. The number of likely N-dealkylation sites (N-methyl/N-ethyl adjacent to an activating group) is 1. The lowest BCUT2D eigenvalue weighted by atomic mass is 9.90. The Labute approximate surface area is 103 Å². The van der Waals surface area contributed by atoms with Crippen LogP contribution >= 0.6 is 0 Å². The topological polar surface area (TPSA) is 72.0 Å². The molecule has 6 heteroatoms. The van der Waals surface area contributed by atoms with Gasteiger partial charge >= 0.3 is 0 Å². The van der Waals surface area contributed by atoms with Gasteiger partial charge in [0.15, 0.2) is 0 Å². The number of nitrogens with one attached hydrogen (secondary N) is 1. The molecular formula is C11H24N6. The molecule has 0 aliphatic rings. The molecule has 17 heavy (non-hydrogen) atoms. The Morgan fingerprint density at radius 1 is 1.47 bits per heavy atom. The smallest absolute Gasteiger partial charge is 0.0823 e. The highest BCUT2D eigenvalue weighted by atomic mass is 15.4. The summed E-state index contributed by atoms with van der Waals surface area (Å²) in [6.45, 7) is 10.6.